The zero-order valence-corrected chi connectivity index (χ0v) is 13.4. The van der Waals surface area contributed by atoms with Crippen molar-refractivity contribution in [2.45, 2.75) is 37.8 Å². The molecule has 0 rings (SSSR count). The lowest BCUT2D eigenvalue weighted by Gasteiger charge is -2.15. The van der Waals surface area contributed by atoms with E-state index in [0.717, 1.165) is 13.1 Å². The quantitative estimate of drug-likeness (QED) is 0.187. The molecule has 8 N–H and O–H groups in total. The van der Waals surface area contributed by atoms with Crippen molar-refractivity contribution in [1.29, 1.82) is 0 Å². The van der Waals surface area contributed by atoms with Gasteiger partial charge < -0.3 is 55.9 Å². The van der Waals surface area contributed by atoms with Gasteiger partial charge in [-0.05, 0) is 0 Å². The average molecular weight is 337 g/mol. The molecule has 0 aromatic rings. The molecule has 0 aliphatic heterocycles. The van der Waals surface area contributed by atoms with Gasteiger partial charge in [0.1, 0.15) is 13.1 Å². The lowest BCUT2D eigenvalue weighted by Crippen LogP contribution is -3.00. The molecule has 0 saturated carbocycles. The Bertz CT molecular complexity index is 152. The third-order valence-corrected chi connectivity index (χ3v) is 3.17. The monoisotopic (exact) mass is 336 g/mol. The number of hydrogen-bond acceptors (Lipinski definition) is 4. The van der Waals surface area contributed by atoms with E-state index in [9.17, 15) is 0 Å². The van der Waals surface area contributed by atoms with Crippen LogP contribution in [-0.2, 0) is 0 Å². The van der Waals surface area contributed by atoms with E-state index in [2.05, 4.69) is 10.6 Å². The topological polar surface area (TPSA) is 114 Å². The third-order valence-electron chi connectivity index (χ3n) is 3.17. The predicted molar refractivity (Wildman–Crippen MR) is 68.0 cm³/mol. The Hall–Kier alpha value is 0.340. The van der Waals surface area contributed by atoms with Gasteiger partial charge in [0.15, 0.2) is 0 Å². The Kier molecular flexibility index (Phi) is 24.5. The second-order valence-corrected chi connectivity index (χ2v) is 4.62. The van der Waals surface area contributed by atoms with E-state index in [1.807, 2.05) is 0 Å². The van der Waals surface area contributed by atoms with Crippen LogP contribution in [0.1, 0.15) is 25.7 Å². The van der Waals surface area contributed by atoms with Crippen LogP contribution >= 0.6 is 0 Å². The largest absolute Gasteiger partial charge is 1.00 e. The fraction of sp³-hybridized carbons (Fsp3) is 1.00. The lowest BCUT2D eigenvalue weighted by molar-refractivity contribution is -0.755. The summed E-state index contributed by atoms with van der Waals surface area (Å²) in [6.45, 7) is 2.45. The van der Waals surface area contributed by atoms with Gasteiger partial charge in [-0.15, -0.1) is 0 Å². The number of hydrogen-bond donors (Lipinski definition) is 6. The van der Waals surface area contributed by atoms with Crippen molar-refractivity contribution in [2.75, 3.05) is 39.5 Å². The number of rotatable bonds is 13. The summed E-state index contributed by atoms with van der Waals surface area (Å²) in [6, 6.07) is 0.560. The van der Waals surface area contributed by atoms with E-state index in [4.69, 9.17) is 20.4 Å². The Labute approximate surface area is 133 Å². The maximum absolute atomic E-state index is 8.88. The molecule has 0 aromatic carbocycles. The molecule has 0 saturated heterocycles. The maximum atomic E-state index is 8.88. The Morgan fingerprint density at radius 1 is 0.550 bits per heavy atom. The van der Waals surface area contributed by atoms with Crippen LogP contribution in [0.3, 0.4) is 0 Å². The minimum atomic E-state index is 0. The van der Waals surface area contributed by atoms with E-state index in [1.165, 1.54) is 0 Å². The minimum absolute atomic E-state index is 0. The van der Waals surface area contributed by atoms with Gasteiger partial charge >= 0.3 is 0 Å². The molecule has 0 aromatic heterocycles. The second-order valence-electron chi connectivity index (χ2n) is 4.62. The van der Waals surface area contributed by atoms with Crippen LogP contribution < -0.4 is 35.4 Å². The number of aliphatic hydroxyl groups excluding tert-OH is 4. The molecule has 0 spiro atoms. The summed E-state index contributed by atoms with van der Waals surface area (Å²) in [5.41, 5.74) is 0. The normalized spacial score (nSPS) is 10.5. The van der Waals surface area contributed by atoms with Crippen LogP contribution in [0.4, 0.5) is 0 Å². The molecule has 0 radical (unpaired) electrons. The first kappa shape index (κ1) is 25.3. The number of nitrogens with two attached hydrogens (primary N) is 2. The first-order chi connectivity index (χ1) is 8.78. The highest BCUT2D eigenvalue weighted by Gasteiger charge is 2.13. The average Bonchev–Trinajstić information content (AvgIpc) is 2.35. The van der Waals surface area contributed by atoms with Gasteiger partial charge in [0.25, 0.3) is 0 Å². The van der Waals surface area contributed by atoms with Gasteiger partial charge in [0.05, 0.1) is 12.1 Å². The maximum Gasteiger partial charge on any atom is 0.125 e. The highest BCUT2D eigenvalue weighted by atomic mass is 35.5. The van der Waals surface area contributed by atoms with Gasteiger partial charge in [-0.25, -0.2) is 0 Å². The molecule has 0 fully saturated rings. The first-order valence-corrected chi connectivity index (χ1v) is 6.88. The summed E-state index contributed by atoms with van der Waals surface area (Å²) in [5, 5.41) is 39.8. The van der Waals surface area contributed by atoms with E-state index in [0.29, 0.717) is 25.7 Å². The third kappa shape index (κ3) is 14.7. The van der Waals surface area contributed by atoms with Gasteiger partial charge in [0.2, 0.25) is 0 Å². The molecule has 0 unspecified atom stereocenters. The van der Waals surface area contributed by atoms with Crippen LogP contribution in [0.15, 0.2) is 0 Å². The van der Waals surface area contributed by atoms with Crippen molar-refractivity contribution < 1.29 is 55.9 Å². The molecule has 0 atom stereocenters. The van der Waals surface area contributed by atoms with Crippen molar-refractivity contribution >= 4 is 0 Å². The zero-order chi connectivity index (χ0) is 13.6. The fourth-order valence-corrected chi connectivity index (χ4v) is 2.09. The molecular formula is C12H30Cl2N2O4. The Morgan fingerprint density at radius 2 is 0.800 bits per heavy atom. The molecule has 0 aliphatic rings. The molecule has 0 amide bonds. The highest BCUT2D eigenvalue weighted by molar-refractivity contribution is 4.53. The molecule has 0 aliphatic carbocycles. The van der Waals surface area contributed by atoms with Gasteiger partial charge in [-0.1, -0.05) is 0 Å². The number of halogens is 2. The van der Waals surface area contributed by atoms with E-state index >= 15 is 0 Å². The van der Waals surface area contributed by atoms with E-state index < -0.39 is 0 Å². The summed E-state index contributed by atoms with van der Waals surface area (Å²) in [4.78, 5) is 0. The number of aliphatic hydroxyl groups is 4. The molecule has 126 valence electrons. The summed E-state index contributed by atoms with van der Waals surface area (Å²) in [5.74, 6) is 0. The Morgan fingerprint density at radius 3 is 1.00 bits per heavy atom. The molecule has 0 heterocycles. The zero-order valence-electron chi connectivity index (χ0n) is 11.9. The standard InChI is InChI=1S/C12H28N2O4.2ClH/c15-7-1-11(2-8-16)13-5-6-14-12(3-9-17)4-10-18;;/h11-18H,1-10H2;2*1H. The molecule has 20 heavy (non-hydrogen) atoms. The van der Waals surface area contributed by atoms with Crippen molar-refractivity contribution in [3.05, 3.63) is 0 Å². The van der Waals surface area contributed by atoms with Crippen LogP contribution in [0.5, 0.6) is 0 Å². The minimum Gasteiger partial charge on any atom is -1.00 e. The predicted octanol–water partition coefficient (Wildman–Crippen LogP) is -9.61. The first-order valence-electron chi connectivity index (χ1n) is 6.88. The van der Waals surface area contributed by atoms with E-state index in [-0.39, 0.29) is 63.3 Å². The lowest BCUT2D eigenvalue weighted by atomic mass is 10.1. The highest BCUT2D eigenvalue weighted by Crippen LogP contribution is 1.90. The summed E-state index contributed by atoms with van der Waals surface area (Å²) in [7, 11) is 0. The van der Waals surface area contributed by atoms with Crippen molar-refractivity contribution in [1.82, 2.24) is 0 Å². The SMILES string of the molecule is OCCC(CCO)[NH2+]CC[NH2+]C(CCO)CCO.[Cl-].[Cl-]. The van der Waals surface area contributed by atoms with Crippen LogP contribution in [0.25, 0.3) is 0 Å². The van der Waals surface area contributed by atoms with Crippen molar-refractivity contribution in [3.8, 4) is 0 Å². The molecule has 6 nitrogen and oxygen atoms in total. The van der Waals surface area contributed by atoms with Crippen LogP contribution in [0.2, 0.25) is 0 Å². The molecule has 8 heteroatoms. The number of quaternary nitrogens is 2. The van der Waals surface area contributed by atoms with Crippen molar-refractivity contribution in [3.63, 3.8) is 0 Å². The summed E-state index contributed by atoms with van der Waals surface area (Å²) in [6.07, 6.45) is 2.82. The smallest absolute Gasteiger partial charge is 0.125 e. The molecule has 0 bridgehead atoms. The van der Waals surface area contributed by atoms with Gasteiger partial charge in [0, 0.05) is 52.1 Å². The van der Waals surface area contributed by atoms with E-state index in [1.54, 1.807) is 0 Å². The Balaban J connectivity index is -0.00000144. The van der Waals surface area contributed by atoms with Crippen LogP contribution in [-0.4, -0.2) is 72.0 Å². The summed E-state index contributed by atoms with van der Waals surface area (Å²) < 4.78 is 0. The second kappa shape index (κ2) is 19.3. The summed E-state index contributed by atoms with van der Waals surface area (Å²) >= 11 is 0. The van der Waals surface area contributed by atoms with Crippen molar-refractivity contribution in [2.24, 2.45) is 0 Å². The molecular weight excluding hydrogens is 307 g/mol. The van der Waals surface area contributed by atoms with Gasteiger partial charge in [-0.3, -0.25) is 0 Å². The fourth-order valence-electron chi connectivity index (χ4n) is 2.09. The van der Waals surface area contributed by atoms with Gasteiger partial charge in [-0.2, -0.15) is 0 Å². The van der Waals surface area contributed by atoms with Crippen LogP contribution in [0, 0.1) is 0 Å².